The fourth-order valence-electron chi connectivity index (χ4n) is 1.61. The first kappa shape index (κ1) is 12.3. The van der Waals surface area contributed by atoms with Crippen LogP contribution < -0.4 is 5.43 Å². The number of carbonyl (C=O) groups excluding carboxylic acids is 1. The Morgan fingerprint density at radius 3 is 2.94 bits per heavy atom. The molecule has 0 fully saturated rings. The first-order valence-electron chi connectivity index (χ1n) is 5.46. The lowest BCUT2D eigenvalue weighted by atomic mass is 10.1. The Hall–Kier alpha value is -2.21. The quantitative estimate of drug-likeness (QED) is 0.775. The summed E-state index contributed by atoms with van der Waals surface area (Å²) in [5.74, 6) is -0.485. The molecule has 1 aromatic carbocycles. The van der Waals surface area contributed by atoms with E-state index in [1.54, 1.807) is 19.1 Å². The van der Waals surface area contributed by atoms with Gasteiger partial charge in [-0.25, -0.2) is 4.79 Å². The van der Waals surface area contributed by atoms with Crippen molar-refractivity contribution in [3.05, 3.63) is 39.7 Å². The molecule has 0 aliphatic heterocycles. The van der Waals surface area contributed by atoms with Crippen molar-refractivity contribution in [2.45, 2.75) is 13.5 Å². The van der Waals surface area contributed by atoms with Gasteiger partial charge in [-0.05, 0) is 25.1 Å². The molecular weight excluding hydrogens is 236 g/mol. The van der Waals surface area contributed by atoms with Gasteiger partial charge in [-0.2, -0.15) is 5.10 Å². The Kier molecular flexibility index (Phi) is 3.38. The molecule has 1 heterocycles. The molecule has 0 amide bonds. The van der Waals surface area contributed by atoms with E-state index in [0.29, 0.717) is 16.5 Å². The molecule has 2 N–H and O–H groups in total. The lowest BCUT2D eigenvalue weighted by Gasteiger charge is -2.04. The minimum absolute atomic E-state index is 0.0171. The van der Waals surface area contributed by atoms with Crippen molar-refractivity contribution >= 4 is 16.9 Å². The number of hydrogen-bond donors (Lipinski definition) is 2. The van der Waals surface area contributed by atoms with Gasteiger partial charge < -0.3 is 9.84 Å². The maximum atomic E-state index is 11.9. The number of rotatable bonds is 3. The number of carbonyl (C=O) groups is 1. The lowest BCUT2D eigenvalue weighted by molar-refractivity contribution is 0.0526. The number of aromatic nitrogens is 2. The maximum Gasteiger partial charge on any atom is 0.338 e. The molecule has 0 unspecified atom stereocenters. The highest BCUT2D eigenvalue weighted by Gasteiger charge is 2.11. The Morgan fingerprint density at radius 2 is 2.28 bits per heavy atom. The Bertz CT molecular complexity index is 648. The third-order valence-corrected chi connectivity index (χ3v) is 2.50. The van der Waals surface area contributed by atoms with Crippen LogP contribution in [0, 0.1) is 0 Å². The standard InChI is InChI=1S/C12H12N2O4/c1-2-18-12(17)7-3-4-9-8(5-7)11(16)10(6-15)14-13-9/h3-5,15H,2,6H2,1H3,(H,13,16). The van der Waals surface area contributed by atoms with Gasteiger partial charge in [0.25, 0.3) is 0 Å². The summed E-state index contributed by atoms with van der Waals surface area (Å²) < 4.78 is 4.86. The van der Waals surface area contributed by atoms with Gasteiger partial charge in [0.05, 0.1) is 24.3 Å². The summed E-state index contributed by atoms with van der Waals surface area (Å²) >= 11 is 0. The number of nitrogens with zero attached hydrogens (tertiary/aromatic N) is 1. The second-order valence-electron chi connectivity index (χ2n) is 3.64. The molecule has 2 aromatic rings. The summed E-state index contributed by atoms with van der Waals surface area (Å²) in [5.41, 5.74) is 0.427. The van der Waals surface area contributed by atoms with Crippen molar-refractivity contribution in [2.24, 2.45) is 0 Å². The highest BCUT2D eigenvalue weighted by molar-refractivity contribution is 5.94. The predicted molar refractivity (Wildman–Crippen MR) is 64.2 cm³/mol. The zero-order valence-electron chi connectivity index (χ0n) is 9.77. The number of esters is 1. The first-order chi connectivity index (χ1) is 8.67. The number of H-pyrrole nitrogens is 1. The molecule has 0 spiro atoms. The maximum absolute atomic E-state index is 11.9. The van der Waals surface area contributed by atoms with Crippen LogP contribution in [0.3, 0.4) is 0 Å². The van der Waals surface area contributed by atoms with Crippen LogP contribution >= 0.6 is 0 Å². The number of nitrogens with one attached hydrogen (secondary N) is 1. The average Bonchev–Trinajstić information content (AvgIpc) is 2.39. The van der Waals surface area contributed by atoms with Gasteiger partial charge in [0.1, 0.15) is 5.69 Å². The van der Waals surface area contributed by atoms with E-state index < -0.39 is 18.0 Å². The van der Waals surface area contributed by atoms with E-state index in [1.807, 2.05) is 0 Å². The van der Waals surface area contributed by atoms with E-state index in [1.165, 1.54) is 6.07 Å². The number of fused-ring (bicyclic) bond motifs is 1. The van der Waals surface area contributed by atoms with E-state index in [0.717, 1.165) is 0 Å². The van der Waals surface area contributed by atoms with Gasteiger partial charge in [-0.1, -0.05) is 0 Å². The van der Waals surface area contributed by atoms with E-state index in [4.69, 9.17) is 9.84 Å². The van der Waals surface area contributed by atoms with Crippen molar-refractivity contribution in [1.82, 2.24) is 10.2 Å². The monoisotopic (exact) mass is 248 g/mol. The summed E-state index contributed by atoms with van der Waals surface area (Å²) in [6.45, 7) is 1.53. The van der Waals surface area contributed by atoms with Crippen LogP contribution in [0.1, 0.15) is 23.0 Å². The number of benzene rings is 1. The van der Waals surface area contributed by atoms with Crippen LogP contribution in [0.2, 0.25) is 0 Å². The van der Waals surface area contributed by atoms with Gasteiger partial charge in [0.2, 0.25) is 5.43 Å². The van der Waals surface area contributed by atoms with E-state index >= 15 is 0 Å². The molecule has 0 radical (unpaired) electrons. The van der Waals surface area contributed by atoms with Gasteiger partial charge >= 0.3 is 5.97 Å². The Morgan fingerprint density at radius 1 is 1.50 bits per heavy atom. The molecular formula is C12H12N2O4. The molecule has 0 saturated heterocycles. The predicted octanol–water partition coefficient (Wildman–Crippen LogP) is 0.592. The second kappa shape index (κ2) is 4.97. The van der Waals surface area contributed by atoms with Crippen molar-refractivity contribution in [2.75, 3.05) is 6.61 Å². The summed E-state index contributed by atoms with van der Waals surface area (Å²) in [6.07, 6.45) is 0. The number of aliphatic hydroxyl groups is 1. The summed E-state index contributed by atoms with van der Waals surface area (Å²) in [5, 5.41) is 15.7. The summed E-state index contributed by atoms with van der Waals surface area (Å²) in [7, 11) is 0. The Balaban J connectivity index is 2.59. The van der Waals surface area contributed by atoms with Crippen molar-refractivity contribution in [1.29, 1.82) is 0 Å². The highest BCUT2D eigenvalue weighted by Crippen LogP contribution is 2.11. The third-order valence-electron chi connectivity index (χ3n) is 2.50. The van der Waals surface area contributed by atoms with E-state index in [2.05, 4.69) is 10.2 Å². The van der Waals surface area contributed by atoms with Crippen molar-refractivity contribution in [3.63, 3.8) is 0 Å². The number of aromatic amines is 1. The molecule has 0 atom stereocenters. The molecule has 0 aliphatic carbocycles. The van der Waals surface area contributed by atoms with Crippen LogP contribution in [-0.4, -0.2) is 27.9 Å². The van der Waals surface area contributed by atoms with E-state index in [-0.39, 0.29) is 12.3 Å². The molecule has 2 rings (SSSR count). The lowest BCUT2D eigenvalue weighted by Crippen LogP contribution is -2.14. The van der Waals surface area contributed by atoms with Gasteiger partial charge in [0.15, 0.2) is 0 Å². The minimum atomic E-state index is -0.485. The zero-order chi connectivity index (χ0) is 13.1. The van der Waals surface area contributed by atoms with Crippen LogP contribution in [0.5, 0.6) is 0 Å². The first-order valence-corrected chi connectivity index (χ1v) is 5.46. The van der Waals surface area contributed by atoms with Gasteiger partial charge in [-0.15, -0.1) is 0 Å². The number of ether oxygens (including phenoxy) is 1. The van der Waals surface area contributed by atoms with Crippen LogP contribution in [0.25, 0.3) is 10.9 Å². The molecule has 94 valence electrons. The smallest absolute Gasteiger partial charge is 0.338 e. The number of hydrogen-bond acceptors (Lipinski definition) is 5. The summed E-state index contributed by atoms with van der Waals surface area (Å²) in [4.78, 5) is 23.5. The topological polar surface area (TPSA) is 92.3 Å². The fourth-order valence-corrected chi connectivity index (χ4v) is 1.61. The average molecular weight is 248 g/mol. The van der Waals surface area contributed by atoms with Gasteiger partial charge in [-0.3, -0.25) is 9.89 Å². The molecule has 0 bridgehead atoms. The van der Waals surface area contributed by atoms with Crippen LogP contribution in [-0.2, 0) is 11.3 Å². The molecule has 6 heteroatoms. The minimum Gasteiger partial charge on any atom is -0.462 e. The SMILES string of the molecule is CCOC(=O)c1ccc2[nH]nc(CO)c(=O)c2c1. The van der Waals surface area contributed by atoms with Crippen LogP contribution in [0.4, 0.5) is 0 Å². The molecule has 0 saturated carbocycles. The molecule has 0 aliphatic rings. The normalized spacial score (nSPS) is 10.6. The molecule has 18 heavy (non-hydrogen) atoms. The third kappa shape index (κ3) is 2.10. The molecule has 1 aromatic heterocycles. The van der Waals surface area contributed by atoms with Gasteiger partial charge in [0, 0.05) is 5.39 Å². The van der Waals surface area contributed by atoms with Crippen LogP contribution in [0.15, 0.2) is 23.0 Å². The largest absolute Gasteiger partial charge is 0.462 e. The summed E-state index contributed by atoms with van der Waals surface area (Å²) in [6, 6.07) is 4.57. The highest BCUT2D eigenvalue weighted by atomic mass is 16.5. The van der Waals surface area contributed by atoms with E-state index in [9.17, 15) is 9.59 Å². The Labute approximate surface area is 102 Å². The second-order valence-corrected chi connectivity index (χ2v) is 3.64. The number of aliphatic hydroxyl groups excluding tert-OH is 1. The zero-order valence-corrected chi connectivity index (χ0v) is 9.77. The molecule has 6 nitrogen and oxygen atoms in total. The van der Waals surface area contributed by atoms with Crippen molar-refractivity contribution in [3.8, 4) is 0 Å². The van der Waals surface area contributed by atoms with Crippen molar-refractivity contribution < 1.29 is 14.6 Å². The fraction of sp³-hybridized carbons (Fsp3) is 0.250.